The Morgan fingerprint density at radius 1 is 1.03 bits per heavy atom. The molecule has 0 fully saturated rings. The van der Waals surface area contributed by atoms with Crippen LogP contribution < -0.4 is 4.18 Å². The molecule has 0 saturated heterocycles. The first-order valence-electron chi connectivity index (χ1n) is 10.9. The van der Waals surface area contributed by atoms with Gasteiger partial charge in [-0.2, -0.15) is 8.42 Å². The van der Waals surface area contributed by atoms with Crippen LogP contribution in [0.15, 0.2) is 70.9 Å². The van der Waals surface area contributed by atoms with Crippen molar-refractivity contribution in [1.82, 2.24) is 4.90 Å². The summed E-state index contributed by atoms with van der Waals surface area (Å²) < 4.78 is 41.7. The third-order valence-electron chi connectivity index (χ3n) is 4.78. The van der Waals surface area contributed by atoms with Crippen molar-refractivity contribution >= 4 is 33.3 Å². The fourth-order valence-corrected chi connectivity index (χ4v) is 5.03. The van der Waals surface area contributed by atoms with Crippen molar-refractivity contribution in [2.75, 3.05) is 20.3 Å². The average molecular weight is 518 g/mol. The molecule has 1 heterocycles. The van der Waals surface area contributed by atoms with Gasteiger partial charge >= 0.3 is 16.1 Å². The molecule has 35 heavy (non-hydrogen) atoms. The number of ether oxygens (including phenoxy) is 2. The first-order chi connectivity index (χ1) is 16.7. The normalized spacial score (nSPS) is 11.3. The lowest BCUT2D eigenvalue weighted by molar-refractivity contribution is 0.0372. The Morgan fingerprint density at radius 2 is 1.80 bits per heavy atom. The first-order valence-corrected chi connectivity index (χ1v) is 13.1. The fraction of sp³-hybridized carbons (Fsp3) is 0.280. The predicted molar refractivity (Wildman–Crippen MR) is 132 cm³/mol. The van der Waals surface area contributed by atoms with Crippen LogP contribution in [0.5, 0.6) is 5.75 Å². The van der Waals surface area contributed by atoms with E-state index in [9.17, 15) is 18.0 Å². The van der Waals surface area contributed by atoms with Gasteiger partial charge in [-0.3, -0.25) is 4.79 Å². The molecule has 2 aromatic carbocycles. The number of hydrogen-bond donors (Lipinski definition) is 0. The fourth-order valence-electron chi connectivity index (χ4n) is 3.23. The largest absolute Gasteiger partial charge is 0.459 e. The van der Waals surface area contributed by atoms with Gasteiger partial charge in [0.25, 0.3) is 5.91 Å². The summed E-state index contributed by atoms with van der Waals surface area (Å²) in [6.45, 7) is 4.30. The van der Waals surface area contributed by atoms with Crippen molar-refractivity contribution in [3.05, 3.63) is 82.0 Å². The maximum absolute atomic E-state index is 13.0. The monoisotopic (exact) mass is 517 g/mol. The topological polar surface area (TPSA) is 99.2 Å². The molecule has 0 aliphatic rings. The van der Waals surface area contributed by atoms with Crippen molar-refractivity contribution in [2.45, 2.75) is 31.4 Å². The van der Waals surface area contributed by atoms with Gasteiger partial charge in [-0.1, -0.05) is 30.3 Å². The lowest BCUT2D eigenvalue weighted by atomic mass is 10.2. The van der Waals surface area contributed by atoms with E-state index in [0.717, 1.165) is 0 Å². The number of rotatable bonds is 11. The number of amides is 1. The zero-order chi connectivity index (χ0) is 25.4. The van der Waals surface area contributed by atoms with Crippen LogP contribution in [0.4, 0.5) is 0 Å². The summed E-state index contributed by atoms with van der Waals surface area (Å²) >= 11 is 1.35. The predicted octanol–water partition coefficient (Wildman–Crippen LogP) is 4.37. The Hall–Kier alpha value is -3.21. The molecule has 0 atom stereocenters. The number of nitrogens with zero attached hydrogens (tertiary/aromatic N) is 1. The van der Waals surface area contributed by atoms with Gasteiger partial charge in [-0.15, -0.1) is 11.3 Å². The third kappa shape index (κ3) is 7.14. The van der Waals surface area contributed by atoms with Crippen LogP contribution in [-0.2, 0) is 26.1 Å². The van der Waals surface area contributed by atoms with Crippen LogP contribution in [-0.4, -0.2) is 51.6 Å². The van der Waals surface area contributed by atoms with E-state index in [4.69, 9.17) is 13.7 Å². The molecule has 10 heteroatoms. The van der Waals surface area contributed by atoms with Crippen LogP contribution in [0, 0.1) is 0 Å². The molecule has 3 rings (SSSR count). The van der Waals surface area contributed by atoms with Crippen LogP contribution in [0.1, 0.15) is 39.4 Å². The summed E-state index contributed by atoms with van der Waals surface area (Å²) in [6.07, 6.45) is -0.409. The van der Waals surface area contributed by atoms with Crippen molar-refractivity contribution < 1.29 is 31.7 Å². The SMILES string of the molecule is COCCN(Cc1cccc(OS(=O)(=O)c2ccccc2C(=O)OC(C)C)c1)C(=O)c1cccs1. The van der Waals surface area contributed by atoms with E-state index in [0.29, 0.717) is 23.6 Å². The quantitative estimate of drug-likeness (QED) is 0.275. The van der Waals surface area contributed by atoms with Crippen LogP contribution >= 0.6 is 11.3 Å². The minimum Gasteiger partial charge on any atom is -0.459 e. The molecule has 0 aliphatic heterocycles. The van der Waals surface area contributed by atoms with Crippen molar-refractivity contribution in [3.8, 4) is 5.75 Å². The molecule has 8 nitrogen and oxygen atoms in total. The molecule has 0 N–H and O–H groups in total. The van der Waals surface area contributed by atoms with Gasteiger partial charge in [0.15, 0.2) is 0 Å². The van der Waals surface area contributed by atoms with Crippen LogP contribution in [0.2, 0.25) is 0 Å². The summed E-state index contributed by atoms with van der Waals surface area (Å²) in [6, 6.07) is 15.7. The smallest absolute Gasteiger partial charge is 0.340 e. The molecule has 1 amide bonds. The maximum atomic E-state index is 13.0. The average Bonchev–Trinajstić information content (AvgIpc) is 3.36. The Morgan fingerprint density at radius 3 is 2.49 bits per heavy atom. The van der Waals surface area contributed by atoms with Gasteiger partial charge in [0, 0.05) is 20.2 Å². The highest BCUT2D eigenvalue weighted by atomic mass is 32.2. The van der Waals surface area contributed by atoms with E-state index in [-0.39, 0.29) is 28.7 Å². The minimum atomic E-state index is -4.34. The summed E-state index contributed by atoms with van der Waals surface area (Å²) in [7, 11) is -2.78. The van der Waals surface area contributed by atoms with Crippen molar-refractivity contribution in [3.63, 3.8) is 0 Å². The van der Waals surface area contributed by atoms with Gasteiger partial charge in [0.05, 0.1) is 23.2 Å². The maximum Gasteiger partial charge on any atom is 0.340 e. The molecule has 0 aliphatic carbocycles. The standard InChI is InChI=1S/C25H27NO7S2/c1-18(2)32-25(28)21-10-4-5-12-23(21)35(29,30)33-20-9-6-8-19(16-20)17-26(13-14-31-3)24(27)22-11-7-15-34-22/h4-12,15-16,18H,13-14,17H2,1-3H3. The van der Waals surface area contributed by atoms with Gasteiger partial charge in [-0.25, -0.2) is 4.79 Å². The molecule has 0 radical (unpaired) electrons. The molecular weight excluding hydrogens is 490 g/mol. The summed E-state index contributed by atoms with van der Waals surface area (Å²) in [5, 5.41) is 1.83. The second kappa shape index (κ2) is 12.0. The minimum absolute atomic E-state index is 0.0600. The van der Waals surface area contributed by atoms with E-state index in [1.807, 2.05) is 5.38 Å². The number of carbonyl (C=O) groups is 2. The second-order valence-electron chi connectivity index (χ2n) is 7.83. The number of methoxy groups -OCH3 is 1. The van der Waals surface area contributed by atoms with Crippen LogP contribution in [0.25, 0.3) is 0 Å². The number of thiophene rings is 1. The first kappa shape index (κ1) is 26.4. The highest BCUT2D eigenvalue weighted by Crippen LogP contribution is 2.24. The number of hydrogen-bond acceptors (Lipinski definition) is 8. The second-order valence-corrected chi connectivity index (χ2v) is 10.3. The lowest BCUT2D eigenvalue weighted by Crippen LogP contribution is -2.33. The van der Waals surface area contributed by atoms with Gasteiger partial charge in [0.2, 0.25) is 0 Å². The van der Waals surface area contributed by atoms with E-state index in [1.54, 1.807) is 62.3 Å². The van der Waals surface area contributed by atoms with E-state index in [2.05, 4.69) is 0 Å². The molecular formula is C25H27NO7S2. The number of esters is 1. The molecule has 3 aromatic rings. The van der Waals surface area contributed by atoms with Gasteiger partial charge < -0.3 is 18.6 Å². The molecule has 0 bridgehead atoms. The van der Waals surface area contributed by atoms with Gasteiger partial charge in [-0.05, 0) is 55.1 Å². The third-order valence-corrected chi connectivity index (χ3v) is 6.95. The van der Waals surface area contributed by atoms with E-state index < -0.39 is 22.2 Å². The summed E-state index contributed by atoms with van der Waals surface area (Å²) in [4.78, 5) is 27.2. The molecule has 186 valence electrons. The summed E-state index contributed by atoms with van der Waals surface area (Å²) in [5.41, 5.74) is 0.566. The van der Waals surface area contributed by atoms with Crippen molar-refractivity contribution in [1.29, 1.82) is 0 Å². The van der Waals surface area contributed by atoms with E-state index >= 15 is 0 Å². The van der Waals surface area contributed by atoms with Crippen molar-refractivity contribution in [2.24, 2.45) is 0 Å². The molecule has 1 aromatic heterocycles. The highest BCUT2D eigenvalue weighted by molar-refractivity contribution is 7.87. The Kier molecular flexibility index (Phi) is 9.02. The molecule has 0 spiro atoms. The Balaban J connectivity index is 1.82. The number of benzene rings is 2. The van der Waals surface area contributed by atoms with Gasteiger partial charge in [0.1, 0.15) is 10.6 Å². The molecule has 0 saturated carbocycles. The Bertz CT molecular complexity index is 1250. The van der Waals surface area contributed by atoms with E-state index in [1.165, 1.54) is 35.6 Å². The summed E-state index contributed by atoms with van der Waals surface area (Å²) in [5.74, 6) is -0.837. The number of carbonyl (C=O) groups excluding carboxylic acids is 2. The zero-order valence-electron chi connectivity index (χ0n) is 19.7. The zero-order valence-corrected chi connectivity index (χ0v) is 21.3. The lowest BCUT2D eigenvalue weighted by Gasteiger charge is -2.22. The Labute approximate surface area is 209 Å². The van der Waals surface area contributed by atoms with Crippen LogP contribution in [0.3, 0.4) is 0 Å². The molecule has 0 unspecified atom stereocenters. The highest BCUT2D eigenvalue weighted by Gasteiger charge is 2.26.